The number of ether oxygens (including phenoxy) is 1. The molecule has 0 aromatic heterocycles. The number of hydrogen-bond donors (Lipinski definition) is 1. The third kappa shape index (κ3) is 4.72. The van der Waals surface area contributed by atoms with E-state index in [1.807, 2.05) is 30.3 Å². The number of nitrogens with two attached hydrogens (primary N) is 1. The lowest BCUT2D eigenvalue weighted by molar-refractivity contribution is 0.212. The Kier molecular flexibility index (Phi) is 4.23. The maximum Gasteiger partial charge on any atom is 0.113 e. The van der Waals surface area contributed by atoms with E-state index in [1.54, 1.807) is 12.2 Å². The first-order chi connectivity index (χ1) is 7.18. The average Bonchev–Trinajstić information content (AvgIpc) is 2.25. The highest BCUT2D eigenvalue weighted by molar-refractivity contribution is 5.19. The summed E-state index contributed by atoms with van der Waals surface area (Å²) in [6.45, 7) is 7.79. The molecule has 0 bridgehead atoms. The van der Waals surface area contributed by atoms with Crippen molar-refractivity contribution in [2.45, 2.75) is 6.61 Å². The molecule has 1 aromatic rings. The maximum absolute atomic E-state index is 5.40. The van der Waals surface area contributed by atoms with E-state index in [1.165, 1.54) is 0 Å². The summed E-state index contributed by atoms with van der Waals surface area (Å²) in [6, 6.07) is 9.91. The van der Waals surface area contributed by atoms with Crippen LogP contribution in [0.15, 0.2) is 67.1 Å². The van der Waals surface area contributed by atoms with Crippen LogP contribution in [0, 0.1) is 0 Å². The van der Waals surface area contributed by atoms with E-state index < -0.39 is 0 Å². The quantitative estimate of drug-likeness (QED) is 0.587. The molecule has 0 saturated heterocycles. The molecule has 0 aliphatic heterocycles. The molecule has 2 N–H and O–H groups in total. The van der Waals surface area contributed by atoms with Crippen LogP contribution in [0.4, 0.5) is 0 Å². The lowest BCUT2D eigenvalue weighted by Gasteiger charge is -2.05. The van der Waals surface area contributed by atoms with Gasteiger partial charge in [-0.25, -0.2) is 0 Å². The number of hydrogen-bond acceptors (Lipinski definition) is 2. The molecule has 0 radical (unpaired) electrons. The Morgan fingerprint density at radius 2 is 1.87 bits per heavy atom. The van der Waals surface area contributed by atoms with Crippen molar-refractivity contribution in [2.24, 2.45) is 5.73 Å². The second-order valence-electron chi connectivity index (χ2n) is 3.15. The highest BCUT2D eigenvalue weighted by Gasteiger charge is 1.92. The van der Waals surface area contributed by atoms with Crippen LogP contribution in [-0.4, -0.2) is 0 Å². The van der Waals surface area contributed by atoms with Crippen LogP contribution in [0.3, 0.4) is 0 Å². The van der Waals surface area contributed by atoms with E-state index >= 15 is 0 Å². The van der Waals surface area contributed by atoms with Crippen molar-refractivity contribution < 1.29 is 4.74 Å². The van der Waals surface area contributed by atoms with Gasteiger partial charge in [0.15, 0.2) is 0 Å². The molecule has 1 aromatic carbocycles. The third-order valence-electron chi connectivity index (χ3n) is 1.75. The lowest BCUT2D eigenvalue weighted by Crippen LogP contribution is -1.92. The molecule has 0 fully saturated rings. The summed E-state index contributed by atoms with van der Waals surface area (Å²) in [7, 11) is 0. The fraction of sp³-hybridized carbons (Fsp3) is 0.0769. The molecule has 15 heavy (non-hydrogen) atoms. The van der Waals surface area contributed by atoms with Gasteiger partial charge in [0.05, 0.1) is 0 Å². The topological polar surface area (TPSA) is 35.2 Å². The standard InChI is InChI=1S/C13H15NO/c1-11(14)8-9-12(2)15-10-13-6-4-3-5-7-13/h3-9H,1-2,10,14H2/b9-8-. The van der Waals surface area contributed by atoms with Crippen molar-refractivity contribution in [3.8, 4) is 0 Å². The Bertz CT molecular complexity index is 365. The van der Waals surface area contributed by atoms with Gasteiger partial charge in [0, 0.05) is 5.70 Å². The van der Waals surface area contributed by atoms with Gasteiger partial charge in [-0.05, 0) is 17.7 Å². The van der Waals surface area contributed by atoms with Gasteiger partial charge in [0.25, 0.3) is 0 Å². The second kappa shape index (κ2) is 5.70. The van der Waals surface area contributed by atoms with Crippen molar-refractivity contribution in [3.63, 3.8) is 0 Å². The number of allylic oxidation sites excluding steroid dienone is 2. The Balaban J connectivity index is 2.38. The SMILES string of the molecule is C=C(N)/C=C\C(=C)OCc1ccccc1. The highest BCUT2D eigenvalue weighted by atomic mass is 16.5. The molecular formula is C13H15NO. The zero-order valence-corrected chi connectivity index (χ0v) is 8.65. The van der Waals surface area contributed by atoms with Crippen LogP contribution in [0.1, 0.15) is 5.56 Å². The minimum absolute atomic E-state index is 0.486. The zero-order chi connectivity index (χ0) is 11.1. The van der Waals surface area contributed by atoms with Crippen molar-refractivity contribution in [1.82, 2.24) is 0 Å². The largest absolute Gasteiger partial charge is 0.490 e. The first-order valence-electron chi connectivity index (χ1n) is 4.66. The van der Waals surface area contributed by atoms with Gasteiger partial charge in [-0.3, -0.25) is 0 Å². The monoisotopic (exact) mass is 201 g/mol. The molecule has 0 spiro atoms. The van der Waals surface area contributed by atoms with Gasteiger partial charge in [-0.1, -0.05) is 43.5 Å². The first kappa shape index (κ1) is 11.1. The smallest absolute Gasteiger partial charge is 0.113 e. The zero-order valence-electron chi connectivity index (χ0n) is 8.65. The average molecular weight is 201 g/mol. The van der Waals surface area contributed by atoms with Crippen molar-refractivity contribution in [1.29, 1.82) is 0 Å². The van der Waals surface area contributed by atoms with Gasteiger partial charge in [-0.2, -0.15) is 0 Å². The summed E-state index contributed by atoms with van der Waals surface area (Å²) < 4.78 is 5.40. The van der Waals surface area contributed by atoms with Crippen LogP contribution < -0.4 is 5.73 Å². The summed E-state index contributed by atoms with van der Waals surface area (Å²) in [5.74, 6) is 0.574. The highest BCUT2D eigenvalue weighted by Crippen LogP contribution is 2.05. The van der Waals surface area contributed by atoms with E-state index in [4.69, 9.17) is 10.5 Å². The van der Waals surface area contributed by atoms with Crippen LogP contribution in [0.25, 0.3) is 0 Å². The van der Waals surface area contributed by atoms with Crippen molar-refractivity contribution >= 4 is 0 Å². The molecule has 0 saturated carbocycles. The Morgan fingerprint density at radius 1 is 1.20 bits per heavy atom. The van der Waals surface area contributed by atoms with E-state index in [2.05, 4.69) is 13.2 Å². The van der Waals surface area contributed by atoms with Gasteiger partial charge < -0.3 is 10.5 Å². The molecule has 0 heterocycles. The predicted octanol–water partition coefficient (Wildman–Crippen LogP) is 2.75. The molecule has 0 unspecified atom stereocenters. The van der Waals surface area contributed by atoms with Crippen molar-refractivity contribution in [3.05, 3.63) is 72.7 Å². The fourth-order valence-electron chi connectivity index (χ4n) is 0.998. The predicted molar refractivity (Wildman–Crippen MR) is 62.8 cm³/mol. The summed E-state index contributed by atoms with van der Waals surface area (Å²) >= 11 is 0. The van der Waals surface area contributed by atoms with Crippen molar-refractivity contribution in [2.75, 3.05) is 0 Å². The van der Waals surface area contributed by atoms with Gasteiger partial charge in [0.1, 0.15) is 12.4 Å². The third-order valence-corrected chi connectivity index (χ3v) is 1.75. The van der Waals surface area contributed by atoms with E-state index in [-0.39, 0.29) is 0 Å². The van der Waals surface area contributed by atoms with E-state index in [0.29, 0.717) is 18.1 Å². The second-order valence-corrected chi connectivity index (χ2v) is 3.15. The molecule has 78 valence electrons. The normalized spacial score (nSPS) is 10.1. The fourth-order valence-corrected chi connectivity index (χ4v) is 0.998. The molecule has 2 nitrogen and oxygen atoms in total. The lowest BCUT2D eigenvalue weighted by atomic mass is 10.2. The molecule has 0 amide bonds. The number of rotatable bonds is 5. The van der Waals surface area contributed by atoms with E-state index in [0.717, 1.165) is 5.56 Å². The van der Waals surface area contributed by atoms with Crippen LogP contribution in [-0.2, 0) is 11.3 Å². The molecule has 1 rings (SSSR count). The molecule has 0 atom stereocenters. The summed E-state index contributed by atoms with van der Waals surface area (Å²) in [6.07, 6.45) is 3.36. The Hall–Kier alpha value is -1.96. The van der Waals surface area contributed by atoms with Gasteiger partial charge in [-0.15, -0.1) is 0 Å². The molecule has 2 heteroatoms. The minimum atomic E-state index is 0.486. The summed E-state index contributed by atoms with van der Waals surface area (Å²) in [5, 5.41) is 0. The first-order valence-corrected chi connectivity index (χ1v) is 4.66. The number of benzene rings is 1. The van der Waals surface area contributed by atoms with Gasteiger partial charge >= 0.3 is 0 Å². The molecule has 0 aliphatic carbocycles. The van der Waals surface area contributed by atoms with Crippen LogP contribution >= 0.6 is 0 Å². The Labute approximate surface area is 90.4 Å². The summed E-state index contributed by atoms with van der Waals surface area (Å²) in [5.41, 5.74) is 6.97. The van der Waals surface area contributed by atoms with Crippen LogP contribution in [0.2, 0.25) is 0 Å². The maximum atomic E-state index is 5.40. The molecular weight excluding hydrogens is 186 g/mol. The Morgan fingerprint density at radius 3 is 2.47 bits per heavy atom. The van der Waals surface area contributed by atoms with Gasteiger partial charge in [0.2, 0.25) is 0 Å². The minimum Gasteiger partial charge on any atom is -0.490 e. The summed E-state index contributed by atoms with van der Waals surface area (Å²) in [4.78, 5) is 0. The van der Waals surface area contributed by atoms with E-state index in [9.17, 15) is 0 Å². The van der Waals surface area contributed by atoms with Crippen LogP contribution in [0.5, 0.6) is 0 Å². The molecule has 0 aliphatic rings.